The van der Waals surface area contributed by atoms with Crippen LogP contribution in [0.3, 0.4) is 0 Å². The van der Waals surface area contributed by atoms with E-state index in [1.165, 1.54) is 21.6 Å². The van der Waals surface area contributed by atoms with E-state index in [0.29, 0.717) is 0 Å². The highest BCUT2D eigenvalue weighted by Crippen LogP contribution is 2.17. The quantitative estimate of drug-likeness (QED) is 0.682. The number of fused-ring (bicyclic) bond motifs is 1. The van der Waals surface area contributed by atoms with Crippen molar-refractivity contribution in [3.63, 3.8) is 0 Å². The van der Waals surface area contributed by atoms with Crippen LogP contribution in [0.5, 0.6) is 0 Å². The summed E-state index contributed by atoms with van der Waals surface area (Å²) in [5.74, 6) is 0. The van der Waals surface area contributed by atoms with Crippen LogP contribution in [0.15, 0.2) is 83.9 Å². The SMILES string of the molecule is Cc1ccc2c(c1)=C(c1ccccc1)N=C(c1ccccc1)CC=2. The van der Waals surface area contributed by atoms with E-state index in [9.17, 15) is 0 Å². The molecule has 0 saturated carbocycles. The summed E-state index contributed by atoms with van der Waals surface area (Å²) in [6.45, 7) is 2.13. The first-order valence-corrected chi connectivity index (χ1v) is 8.31. The van der Waals surface area contributed by atoms with E-state index in [1.807, 2.05) is 12.1 Å². The lowest BCUT2D eigenvalue weighted by Crippen LogP contribution is -2.26. The molecule has 3 aromatic carbocycles. The summed E-state index contributed by atoms with van der Waals surface area (Å²) in [5, 5.41) is 2.47. The van der Waals surface area contributed by atoms with Crippen molar-refractivity contribution < 1.29 is 0 Å². The average Bonchev–Trinajstić information content (AvgIpc) is 2.83. The summed E-state index contributed by atoms with van der Waals surface area (Å²) < 4.78 is 0. The molecule has 1 aliphatic rings. The van der Waals surface area contributed by atoms with E-state index in [0.717, 1.165) is 23.4 Å². The third-order valence-corrected chi connectivity index (χ3v) is 4.38. The van der Waals surface area contributed by atoms with Gasteiger partial charge in [-0.1, -0.05) is 84.4 Å². The number of nitrogens with zero attached hydrogens (tertiary/aromatic N) is 1. The highest BCUT2D eigenvalue weighted by atomic mass is 14.8. The maximum absolute atomic E-state index is 5.10. The van der Waals surface area contributed by atoms with Gasteiger partial charge in [0.05, 0.1) is 11.4 Å². The molecule has 0 atom stereocenters. The molecule has 0 spiro atoms. The second-order valence-electron chi connectivity index (χ2n) is 6.14. The lowest BCUT2D eigenvalue weighted by Gasteiger charge is -2.07. The Bertz CT molecular complexity index is 1010. The van der Waals surface area contributed by atoms with Crippen molar-refractivity contribution in [2.24, 2.45) is 4.99 Å². The summed E-state index contributed by atoms with van der Waals surface area (Å²) in [5.41, 5.74) is 5.78. The van der Waals surface area contributed by atoms with Gasteiger partial charge in [0.2, 0.25) is 0 Å². The van der Waals surface area contributed by atoms with E-state index in [4.69, 9.17) is 4.99 Å². The maximum atomic E-state index is 5.10. The van der Waals surface area contributed by atoms with E-state index in [-0.39, 0.29) is 0 Å². The molecule has 1 heterocycles. The van der Waals surface area contributed by atoms with Crippen LogP contribution in [0, 0.1) is 6.92 Å². The van der Waals surface area contributed by atoms with Gasteiger partial charge in [0, 0.05) is 17.2 Å². The number of benzene rings is 3. The summed E-state index contributed by atoms with van der Waals surface area (Å²) in [4.78, 5) is 5.10. The molecule has 0 N–H and O–H groups in total. The van der Waals surface area contributed by atoms with Gasteiger partial charge in [-0.2, -0.15) is 0 Å². The number of hydrogen-bond acceptors (Lipinski definition) is 1. The van der Waals surface area contributed by atoms with Crippen LogP contribution in [-0.4, -0.2) is 5.71 Å². The fraction of sp³-hybridized carbons (Fsp3) is 0.0870. The predicted octanol–water partition coefficient (Wildman–Crippen LogP) is 3.83. The van der Waals surface area contributed by atoms with Gasteiger partial charge in [-0.3, -0.25) is 4.99 Å². The molecular formula is C23H19N. The van der Waals surface area contributed by atoms with Gasteiger partial charge in [-0.15, -0.1) is 0 Å². The minimum absolute atomic E-state index is 0.844. The number of aryl methyl sites for hydroxylation is 1. The zero-order chi connectivity index (χ0) is 16.4. The molecule has 116 valence electrons. The lowest BCUT2D eigenvalue weighted by molar-refractivity contribution is 1.36. The Labute approximate surface area is 142 Å². The minimum Gasteiger partial charge on any atom is -0.251 e. The van der Waals surface area contributed by atoms with Gasteiger partial charge in [-0.25, -0.2) is 0 Å². The Morgan fingerprint density at radius 3 is 2.12 bits per heavy atom. The highest BCUT2D eigenvalue weighted by molar-refractivity contribution is 6.06. The Balaban J connectivity index is 2.02. The van der Waals surface area contributed by atoms with Crippen LogP contribution >= 0.6 is 0 Å². The summed E-state index contributed by atoms with van der Waals surface area (Å²) >= 11 is 0. The van der Waals surface area contributed by atoms with Crippen molar-refractivity contribution in [3.8, 4) is 0 Å². The first-order chi connectivity index (χ1) is 11.8. The molecule has 0 saturated heterocycles. The normalized spacial score (nSPS) is 13.5. The molecule has 24 heavy (non-hydrogen) atoms. The van der Waals surface area contributed by atoms with Gasteiger partial charge < -0.3 is 0 Å². The molecular weight excluding hydrogens is 290 g/mol. The maximum Gasteiger partial charge on any atom is 0.0783 e. The Kier molecular flexibility index (Phi) is 3.84. The van der Waals surface area contributed by atoms with Gasteiger partial charge in [0.15, 0.2) is 0 Å². The molecule has 0 bridgehead atoms. The number of rotatable bonds is 2. The second-order valence-corrected chi connectivity index (χ2v) is 6.14. The van der Waals surface area contributed by atoms with Crippen LogP contribution < -0.4 is 10.4 Å². The number of aliphatic imine (C=N–C) groups is 1. The lowest BCUT2D eigenvalue weighted by atomic mass is 10.1. The predicted molar refractivity (Wildman–Crippen MR) is 101 cm³/mol. The van der Waals surface area contributed by atoms with Crippen LogP contribution in [0.25, 0.3) is 11.8 Å². The minimum atomic E-state index is 0.844. The molecule has 0 amide bonds. The molecule has 3 aromatic rings. The van der Waals surface area contributed by atoms with Gasteiger partial charge in [0.25, 0.3) is 0 Å². The molecule has 0 aromatic heterocycles. The van der Waals surface area contributed by atoms with E-state index in [2.05, 4.69) is 79.7 Å². The Morgan fingerprint density at radius 1 is 0.750 bits per heavy atom. The van der Waals surface area contributed by atoms with Crippen LogP contribution in [0.2, 0.25) is 0 Å². The first kappa shape index (κ1) is 14.6. The van der Waals surface area contributed by atoms with Gasteiger partial charge in [-0.05, 0) is 23.8 Å². The van der Waals surface area contributed by atoms with Crippen LogP contribution in [0.1, 0.15) is 23.1 Å². The van der Waals surface area contributed by atoms with Crippen molar-refractivity contribution in [2.45, 2.75) is 13.3 Å². The molecule has 1 nitrogen and oxygen atoms in total. The number of hydrogen-bond donors (Lipinski definition) is 0. The van der Waals surface area contributed by atoms with E-state index >= 15 is 0 Å². The fourth-order valence-electron chi connectivity index (χ4n) is 3.13. The van der Waals surface area contributed by atoms with Gasteiger partial charge >= 0.3 is 0 Å². The van der Waals surface area contributed by atoms with Crippen molar-refractivity contribution in [2.75, 3.05) is 0 Å². The average molecular weight is 309 g/mol. The smallest absolute Gasteiger partial charge is 0.0783 e. The van der Waals surface area contributed by atoms with Crippen LogP contribution in [-0.2, 0) is 0 Å². The largest absolute Gasteiger partial charge is 0.251 e. The van der Waals surface area contributed by atoms with Crippen LogP contribution in [0.4, 0.5) is 0 Å². The second kappa shape index (κ2) is 6.29. The molecule has 0 fully saturated rings. The zero-order valence-electron chi connectivity index (χ0n) is 13.7. The molecule has 0 unspecified atom stereocenters. The standard InChI is InChI=1S/C23H19N/c1-17-12-13-18-14-15-22(19-8-4-2-5-9-19)24-23(21(18)16-17)20-10-6-3-7-11-20/h2-14,16H,15H2,1H3. The molecule has 1 heteroatoms. The topological polar surface area (TPSA) is 12.4 Å². The molecule has 4 rings (SSSR count). The summed E-state index contributed by atoms with van der Waals surface area (Å²) in [6, 6.07) is 27.5. The molecule has 0 aliphatic carbocycles. The first-order valence-electron chi connectivity index (χ1n) is 8.31. The molecule has 0 radical (unpaired) electrons. The van der Waals surface area contributed by atoms with Gasteiger partial charge in [0.1, 0.15) is 0 Å². The zero-order valence-corrected chi connectivity index (χ0v) is 13.7. The molecule has 1 aliphatic heterocycles. The van der Waals surface area contributed by atoms with Crippen molar-refractivity contribution >= 4 is 17.5 Å². The highest BCUT2D eigenvalue weighted by Gasteiger charge is 2.10. The monoisotopic (exact) mass is 309 g/mol. The van der Waals surface area contributed by atoms with Crippen molar-refractivity contribution in [3.05, 3.63) is 106 Å². The third-order valence-electron chi connectivity index (χ3n) is 4.38. The summed E-state index contributed by atoms with van der Waals surface area (Å²) in [6.07, 6.45) is 3.13. The van der Waals surface area contributed by atoms with E-state index in [1.54, 1.807) is 0 Å². The van der Waals surface area contributed by atoms with Crippen molar-refractivity contribution in [1.29, 1.82) is 0 Å². The third kappa shape index (κ3) is 2.81. The fourth-order valence-corrected chi connectivity index (χ4v) is 3.13. The Morgan fingerprint density at radius 2 is 1.42 bits per heavy atom. The van der Waals surface area contributed by atoms with Crippen molar-refractivity contribution in [1.82, 2.24) is 0 Å². The summed E-state index contributed by atoms with van der Waals surface area (Å²) in [7, 11) is 0. The van der Waals surface area contributed by atoms with E-state index < -0.39 is 0 Å². The Hall–Kier alpha value is -2.93.